The Bertz CT molecular complexity index is 646. The highest BCUT2D eigenvalue weighted by molar-refractivity contribution is 7.11. The van der Waals surface area contributed by atoms with Crippen molar-refractivity contribution in [1.82, 2.24) is 15.6 Å². The van der Waals surface area contributed by atoms with E-state index in [4.69, 9.17) is 0 Å². The summed E-state index contributed by atoms with van der Waals surface area (Å²) in [6, 6.07) is 4.06. The van der Waals surface area contributed by atoms with E-state index in [0.717, 1.165) is 21.6 Å². The van der Waals surface area contributed by atoms with E-state index >= 15 is 0 Å². The fourth-order valence-corrected chi connectivity index (χ4v) is 3.22. The number of rotatable bonds is 4. The van der Waals surface area contributed by atoms with Gasteiger partial charge in [-0.2, -0.15) is 13.2 Å². The van der Waals surface area contributed by atoms with E-state index in [0.29, 0.717) is 17.5 Å². The summed E-state index contributed by atoms with van der Waals surface area (Å²) in [4.78, 5) is 9.98. The van der Waals surface area contributed by atoms with Gasteiger partial charge in [-0.05, 0) is 19.1 Å². The summed E-state index contributed by atoms with van der Waals surface area (Å²) in [6.07, 6.45) is -4.40. The van der Waals surface area contributed by atoms with E-state index in [-0.39, 0.29) is 6.54 Å². The van der Waals surface area contributed by atoms with Crippen LogP contribution in [0.1, 0.15) is 20.5 Å². The number of aliphatic imine (C=N–C) groups is 1. The van der Waals surface area contributed by atoms with Crippen molar-refractivity contribution in [1.29, 1.82) is 0 Å². The smallest absolute Gasteiger partial charge is 0.352 e. The molecule has 2 aromatic heterocycles. The Hall–Kier alpha value is -1.61. The minimum Gasteiger partial charge on any atom is -0.352 e. The van der Waals surface area contributed by atoms with E-state index in [1.807, 2.05) is 19.1 Å². The van der Waals surface area contributed by atoms with Crippen LogP contribution in [0, 0.1) is 6.92 Å². The Morgan fingerprint density at radius 1 is 1.27 bits per heavy atom. The average molecular weight is 348 g/mol. The summed E-state index contributed by atoms with van der Waals surface area (Å²) in [5.41, 5.74) is -0.855. The number of aryl methyl sites for hydroxylation is 1. The zero-order valence-electron chi connectivity index (χ0n) is 12.0. The Kier molecular flexibility index (Phi) is 5.41. The van der Waals surface area contributed by atoms with Crippen LogP contribution >= 0.6 is 22.7 Å². The van der Waals surface area contributed by atoms with Gasteiger partial charge in [0.05, 0.1) is 13.1 Å². The number of aromatic nitrogens is 1. The van der Waals surface area contributed by atoms with E-state index in [1.54, 1.807) is 18.4 Å². The maximum Gasteiger partial charge on any atom is 0.434 e. The number of nitrogens with one attached hydrogen (secondary N) is 2. The molecular weight excluding hydrogens is 333 g/mol. The van der Waals surface area contributed by atoms with Gasteiger partial charge >= 0.3 is 6.18 Å². The summed E-state index contributed by atoms with van der Waals surface area (Å²) in [6.45, 7) is 2.84. The van der Waals surface area contributed by atoms with Crippen LogP contribution in [0.25, 0.3) is 0 Å². The molecule has 22 heavy (non-hydrogen) atoms. The van der Waals surface area contributed by atoms with Gasteiger partial charge in [-0.3, -0.25) is 4.99 Å². The van der Waals surface area contributed by atoms with Gasteiger partial charge in [0.15, 0.2) is 11.7 Å². The lowest BCUT2D eigenvalue weighted by molar-refractivity contribution is -0.140. The molecule has 0 atom stereocenters. The minimum atomic E-state index is -4.40. The van der Waals surface area contributed by atoms with Crippen molar-refractivity contribution in [2.75, 3.05) is 7.05 Å². The molecule has 0 radical (unpaired) electrons. The monoisotopic (exact) mass is 348 g/mol. The van der Waals surface area contributed by atoms with Gasteiger partial charge < -0.3 is 10.6 Å². The largest absolute Gasteiger partial charge is 0.434 e. The highest BCUT2D eigenvalue weighted by Crippen LogP contribution is 2.29. The van der Waals surface area contributed by atoms with Crippen LogP contribution in [-0.4, -0.2) is 18.0 Å². The van der Waals surface area contributed by atoms with Crippen molar-refractivity contribution in [2.24, 2.45) is 4.99 Å². The molecule has 120 valence electrons. The van der Waals surface area contributed by atoms with E-state index in [2.05, 4.69) is 20.6 Å². The van der Waals surface area contributed by atoms with Crippen molar-refractivity contribution in [3.63, 3.8) is 0 Å². The lowest BCUT2D eigenvalue weighted by Crippen LogP contribution is -2.36. The third-order valence-electron chi connectivity index (χ3n) is 2.70. The molecule has 2 aromatic rings. The Balaban J connectivity index is 1.85. The Labute approximate surface area is 134 Å². The van der Waals surface area contributed by atoms with E-state index in [1.165, 1.54) is 4.88 Å². The Morgan fingerprint density at radius 2 is 2.00 bits per heavy atom. The van der Waals surface area contributed by atoms with Crippen LogP contribution in [-0.2, 0) is 19.3 Å². The first kappa shape index (κ1) is 16.8. The maximum atomic E-state index is 12.5. The van der Waals surface area contributed by atoms with Crippen molar-refractivity contribution < 1.29 is 13.2 Å². The number of hydrogen-bond donors (Lipinski definition) is 2. The number of nitrogens with zero attached hydrogens (tertiary/aromatic N) is 2. The fraction of sp³-hybridized carbons (Fsp3) is 0.385. The lowest BCUT2D eigenvalue weighted by atomic mass is 10.4. The third kappa shape index (κ3) is 4.70. The summed E-state index contributed by atoms with van der Waals surface area (Å²) >= 11 is 2.65. The van der Waals surface area contributed by atoms with Crippen LogP contribution in [0.4, 0.5) is 13.2 Å². The number of thiazole rings is 1. The second-order valence-electron chi connectivity index (χ2n) is 4.42. The number of alkyl halides is 3. The van der Waals surface area contributed by atoms with Crippen molar-refractivity contribution in [3.8, 4) is 0 Å². The van der Waals surface area contributed by atoms with Gasteiger partial charge in [0, 0.05) is 22.2 Å². The lowest BCUT2D eigenvalue weighted by Gasteiger charge is -2.09. The highest BCUT2D eigenvalue weighted by atomic mass is 32.1. The predicted molar refractivity (Wildman–Crippen MR) is 83.2 cm³/mol. The number of thiophene rings is 1. The molecular formula is C13H15F3N4S2. The zero-order chi connectivity index (χ0) is 16.2. The second kappa shape index (κ2) is 7.10. The molecule has 0 bridgehead atoms. The van der Waals surface area contributed by atoms with Gasteiger partial charge in [0.1, 0.15) is 5.01 Å². The molecule has 0 unspecified atom stereocenters. The first-order chi connectivity index (χ1) is 10.4. The fourth-order valence-electron chi connectivity index (χ4n) is 1.65. The summed E-state index contributed by atoms with van der Waals surface area (Å²) in [5, 5.41) is 7.44. The van der Waals surface area contributed by atoms with Gasteiger partial charge in [-0.25, -0.2) is 4.98 Å². The molecule has 0 aliphatic rings. The van der Waals surface area contributed by atoms with Gasteiger partial charge in [0.2, 0.25) is 0 Å². The molecule has 2 heterocycles. The first-order valence-corrected chi connectivity index (χ1v) is 8.09. The second-order valence-corrected chi connectivity index (χ2v) is 6.73. The molecule has 9 heteroatoms. The standard InChI is InChI=1S/C13H15F3N4S2/c1-8-3-4-9(22-8)5-18-12(17-2)19-6-11-20-10(7-21-11)13(14,15)16/h3-4,7H,5-6H2,1-2H3,(H2,17,18,19). The van der Waals surface area contributed by atoms with Crippen LogP contribution in [0.3, 0.4) is 0 Å². The molecule has 0 spiro atoms. The van der Waals surface area contributed by atoms with Crippen molar-refractivity contribution in [3.05, 3.63) is 38.0 Å². The molecule has 0 aliphatic carbocycles. The molecule has 0 fully saturated rings. The van der Waals surface area contributed by atoms with E-state index < -0.39 is 11.9 Å². The summed E-state index contributed by atoms with van der Waals surface area (Å²) < 4.78 is 37.4. The molecule has 2 N–H and O–H groups in total. The van der Waals surface area contributed by atoms with Crippen molar-refractivity contribution in [2.45, 2.75) is 26.2 Å². The van der Waals surface area contributed by atoms with Crippen molar-refractivity contribution >= 4 is 28.6 Å². The minimum absolute atomic E-state index is 0.198. The number of hydrogen-bond acceptors (Lipinski definition) is 4. The molecule has 2 rings (SSSR count). The average Bonchev–Trinajstić information content (AvgIpc) is 3.07. The van der Waals surface area contributed by atoms with Gasteiger partial charge in [0.25, 0.3) is 0 Å². The van der Waals surface area contributed by atoms with Gasteiger partial charge in [-0.15, -0.1) is 22.7 Å². The quantitative estimate of drug-likeness (QED) is 0.658. The number of halogens is 3. The molecule has 0 saturated heterocycles. The third-order valence-corrected chi connectivity index (χ3v) is 4.55. The summed E-state index contributed by atoms with van der Waals surface area (Å²) in [7, 11) is 1.61. The molecule has 0 aromatic carbocycles. The van der Waals surface area contributed by atoms with Crippen LogP contribution in [0.5, 0.6) is 0 Å². The number of guanidine groups is 1. The molecule has 0 amide bonds. The molecule has 4 nitrogen and oxygen atoms in total. The SMILES string of the molecule is CN=C(NCc1ccc(C)s1)NCc1nc(C(F)(F)F)cs1. The van der Waals surface area contributed by atoms with Crippen LogP contribution in [0.15, 0.2) is 22.5 Å². The molecule has 0 aliphatic heterocycles. The van der Waals surface area contributed by atoms with Gasteiger partial charge in [-0.1, -0.05) is 0 Å². The zero-order valence-corrected chi connectivity index (χ0v) is 13.6. The Morgan fingerprint density at radius 3 is 2.55 bits per heavy atom. The maximum absolute atomic E-state index is 12.5. The summed E-state index contributed by atoms with van der Waals surface area (Å²) in [5.74, 6) is 0.523. The van der Waals surface area contributed by atoms with Crippen LogP contribution in [0.2, 0.25) is 0 Å². The molecule has 0 saturated carbocycles. The highest BCUT2D eigenvalue weighted by Gasteiger charge is 2.33. The van der Waals surface area contributed by atoms with E-state index in [9.17, 15) is 13.2 Å². The normalized spacial score (nSPS) is 12.5. The van der Waals surface area contributed by atoms with Crippen LogP contribution < -0.4 is 10.6 Å². The predicted octanol–water partition coefficient (Wildman–Crippen LogP) is 3.40. The first-order valence-electron chi connectivity index (χ1n) is 6.40. The topological polar surface area (TPSA) is 49.3 Å².